The van der Waals surface area contributed by atoms with E-state index in [1.807, 2.05) is 0 Å². The lowest BCUT2D eigenvalue weighted by Crippen LogP contribution is -2.59. The average Bonchev–Trinajstić information content (AvgIpc) is 3.27. The monoisotopic (exact) mass is 946 g/mol. The fraction of sp³-hybridized carbons (Fsp3) is 0.304. The van der Waals surface area contributed by atoms with E-state index in [1.165, 1.54) is 62.4 Å². The predicted molar refractivity (Wildman–Crippen MR) is 230 cm³/mol. The molecule has 0 aliphatic carbocycles. The molecule has 22 heteroatoms. The first kappa shape index (κ1) is 46.9. The highest BCUT2D eigenvalue weighted by Crippen LogP contribution is 2.51. The summed E-state index contributed by atoms with van der Waals surface area (Å²) in [4.78, 5) is 52.8. The second kappa shape index (κ2) is 17.9. The summed E-state index contributed by atoms with van der Waals surface area (Å²) < 4.78 is 45.7. The molecule has 0 saturated carbocycles. The van der Waals surface area contributed by atoms with Gasteiger partial charge in [-0.1, -0.05) is 0 Å². The lowest BCUT2D eigenvalue weighted by molar-refractivity contribution is -0.272. The molecule has 2 saturated heterocycles. The number of aliphatic hydroxyl groups excluding tert-OH is 4. The molecule has 6 aromatic rings. The van der Waals surface area contributed by atoms with Crippen LogP contribution < -0.4 is 20.3 Å². The van der Waals surface area contributed by atoms with Crippen LogP contribution in [0.2, 0.25) is 0 Å². The molecule has 0 bridgehead atoms. The third-order valence-corrected chi connectivity index (χ3v) is 11.3. The van der Waals surface area contributed by atoms with E-state index < -0.39 is 163 Å². The molecule has 358 valence electrons. The normalized spacial score (nSPS) is 24.9. The minimum Gasteiger partial charge on any atom is -0.508 e. The standard InChI is InChI=1S/C46H42O22/c1-15-38(63-17(3)47)34(57)36(59)45(61-15)67-43-32(55)29-24(52)13-23(51)28(42(29)66-41(43)20-7-11-22(50)12-8-20)27-25(53)14-26-30(31(27)54)33(56)44(40(65-26)19-5-9-21(49)10-6-19)68-46-37(60)35(58)39(16(2)62-46)64-18(4)48/h5-16,34-39,45-46,49-54,57-60H,1-4H3/t15-,16-,34-,35-,36+,37+,38-,39-,45-,46-/m1/s1. The Hall–Kier alpha value is -7.60. The summed E-state index contributed by atoms with van der Waals surface area (Å²) in [6.45, 7) is 4.92. The molecule has 0 amide bonds. The van der Waals surface area contributed by atoms with E-state index in [4.69, 9.17) is 37.3 Å². The van der Waals surface area contributed by atoms with E-state index in [2.05, 4.69) is 0 Å². The summed E-state index contributed by atoms with van der Waals surface area (Å²) in [5, 5.41) is 109. The van der Waals surface area contributed by atoms with Gasteiger partial charge in [-0.15, -0.1) is 0 Å². The van der Waals surface area contributed by atoms with E-state index in [1.54, 1.807) is 0 Å². The number of phenols is 6. The Morgan fingerprint density at radius 2 is 0.971 bits per heavy atom. The Labute approximate surface area is 381 Å². The Bertz CT molecular complexity index is 3070. The third-order valence-electron chi connectivity index (χ3n) is 11.3. The largest absolute Gasteiger partial charge is 0.508 e. The molecular formula is C46H42O22. The maximum Gasteiger partial charge on any atom is 0.303 e. The van der Waals surface area contributed by atoms with Crippen LogP contribution in [0.3, 0.4) is 0 Å². The van der Waals surface area contributed by atoms with Gasteiger partial charge in [0.05, 0.1) is 23.3 Å². The van der Waals surface area contributed by atoms with Crippen LogP contribution in [0.5, 0.6) is 46.0 Å². The third kappa shape index (κ3) is 8.28. The summed E-state index contributed by atoms with van der Waals surface area (Å²) in [6, 6.07) is 11.5. The molecule has 0 spiro atoms. The van der Waals surface area contributed by atoms with E-state index >= 15 is 0 Å². The maximum absolute atomic E-state index is 14.7. The van der Waals surface area contributed by atoms with Crippen LogP contribution in [0.25, 0.3) is 55.7 Å². The van der Waals surface area contributed by atoms with Crippen molar-refractivity contribution in [1.29, 1.82) is 0 Å². The first-order chi connectivity index (χ1) is 32.2. The van der Waals surface area contributed by atoms with Crippen molar-refractivity contribution in [2.24, 2.45) is 0 Å². The molecule has 2 aliphatic rings. The number of aromatic hydroxyl groups is 6. The van der Waals surface area contributed by atoms with E-state index in [0.29, 0.717) is 6.07 Å². The number of phenolic OH excluding ortho intramolecular Hbond substituents is 6. The van der Waals surface area contributed by atoms with Crippen LogP contribution in [0.15, 0.2) is 79.1 Å². The Kier molecular flexibility index (Phi) is 12.3. The van der Waals surface area contributed by atoms with Crippen molar-refractivity contribution in [1.82, 2.24) is 0 Å². The maximum atomic E-state index is 14.7. The molecule has 10 N–H and O–H groups in total. The zero-order valence-electron chi connectivity index (χ0n) is 35.9. The van der Waals surface area contributed by atoms with Gasteiger partial charge >= 0.3 is 11.9 Å². The number of rotatable bonds is 9. The Balaban J connectivity index is 1.33. The first-order valence-corrected chi connectivity index (χ1v) is 20.6. The molecule has 2 aromatic heterocycles. The van der Waals surface area contributed by atoms with E-state index in [9.17, 15) is 70.2 Å². The molecule has 2 fully saturated rings. The van der Waals surface area contributed by atoms with Crippen molar-refractivity contribution in [3.8, 4) is 79.8 Å². The highest BCUT2D eigenvalue weighted by Gasteiger charge is 2.48. The van der Waals surface area contributed by atoms with Gasteiger partial charge in [0.15, 0.2) is 29.3 Å². The topological polar surface area (TPSA) is 352 Å². The summed E-state index contributed by atoms with van der Waals surface area (Å²) in [6.07, 6.45) is -16.3. The minimum absolute atomic E-state index is 0.0239. The number of benzene rings is 4. The van der Waals surface area contributed by atoms with Crippen LogP contribution in [0.1, 0.15) is 27.7 Å². The zero-order valence-corrected chi connectivity index (χ0v) is 35.9. The van der Waals surface area contributed by atoms with Gasteiger partial charge in [0.25, 0.3) is 0 Å². The van der Waals surface area contributed by atoms with Gasteiger partial charge < -0.3 is 88.3 Å². The number of carbonyl (C=O) groups is 2. The lowest BCUT2D eigenvalue weighted by atomic mass is 9.96. The van der Waals surface area contributed by atoms with E-state index in [-0.39, 0.29) is 22.6 Å². The quantitative estimate of drug-likeness (QED) is 0.0931. The summed E-state index contributed by atoms with van der Waals surface area (Å²) >= 11 is 0. The molecule has 68 heavy (non-hydrogen) atoms. The van der Waals surface area contributed by atoms with Gasteiger partial charge in [-0.05, 0) is 62.4 Å². The first-order valence-electron chi connectivity index (χ1n) is 20.6. The summed E-state index contributed by atoms with van der Waals surface area (Å²) in [5.74, 6) is -8.43. The zero-order chi connectivity index (χ0) is 49.2. The van der Waals surface area contributed by atoms with Gasteiger partial charge in [0.2, 0.25) is 34.9 Å². The van der Waals surface area contributed by atoms with Crippen molar-refractivity contribution in [2.75, 3.05) is 0 Å². The molecule has 4 aromatic carbocycles. The number of hydrogen-bond acceptors (Lipinski definition) is 22. The van der Waals surface area contributed by atoms with Gasteiger partial charge in [0, 0.05) is 37.1 Å². The number of fused-ring (bicyclic) bond motifs is 2. The van der Waals surface area contributed by atoms with Crippen molar-refractivity contribution >= 4 is 33.9 Å². The van der Waals surface area contributed by atoms with Gasteiger partial charge in [-0.25, -0.2) is 0 Å². The van der Waals surface area contributed by atoms with E-state index in [0.717, 1.165) is 19.9 Å². The number of hydrogen-bond donors (Lipinski definition) is 10. The number of aliphatic hydroxyl groups is 4. The van der Waals surface area contributed by atoms with Crippen LogP contribution in [0.4, 0.5) is 0 Å². The van der Waals surface area contributed by atoms with Crippen LogP contribution in [0, 0.1) is 0 Å². The van der Waals surface area contributed by atoms with Crippen LogP contribution in [-0.2, 0) is 28.5 Å². The molecule has 4 heterocycles. The number of ether oxygens (including phenoxy) is 6. The van der Waals surface area contributed by atoms with Crippen molar-refractivity contribution in [3.05, 3.63) is 81.1 Å². The average molecular weight is 947 g/mol. The van der Waals surface area contributed by atoms with Gasteiger partial charge in [-0.3, -0.25) is 19.2 Å². The fourth-order valence-corrected chi connectivity index (χ4v) is 8.08. The highest BCUT2D eigenvalue weighted by atomic mass is 16.7. The molecule has 0 unspecified atom stereocenters. The fourth-order valence-electron chi connectivity index (χ4n) is 8.08. The SMILES string of the molecule is CC(=O)O[C@H]1[C@H](O)[C@H](O)[C@@H](Oc2c(-c3ccc(O)cc3)oc3cc(O)c(-c4c(O)cc(O)c5c(=O)c(O[C@H]6O[C@H](C)[C@@H](OC(C)=O)[C@H](O)[C@@H]6O)c(-c6ccc(O)cc6)oc45)c(O)c3c2=O)O[C@@H]1C. The lowest BCUT2D eigenvalue weighted by Gasteiger charge is -2.40. The highest BCUT2D eigenvalue weighted by molar-refractivity contribution is 6.06. The molecule has 8 rings (SSSR count). The number of esters is 2. The van der Waals surface area contributed by atoms with Gasteiger partial charge in [0.1, 0.15) is 75.3 Å². The predicted octanol–water partition coefficient (Wildman–Crippen LogP) is 2.69. The molecule has 22 nitrogen and oxygen atoms in total. The molecule has 0 radical (unpaired) electrons. The Morgan fingerprint density at radius 3 is 1.43 bits per heavy atom. The summed E-state index contributed by atoms with van der Waals surface area (Å²) in [5.41, 5.74) is -5.14. The second-order valence-electron chi connectivity index (χ2n) is 16.0. The number of carbonyl (C=O) groups excluding carboxylic acids is 2. The van der Waals surface area contributed by atoms with Crippen molar-refractivity contribution in [3.63, 3.8) is 0 Å². The van der Waals surface area contributed by atoms with Crippen molar-refractivity contribution in [2.45, 2.75) is 89.1 Å². The molecule has 10 atom stereocenters. The van der Waals surface area contributed by atoms with Crippen LogP contribution >= 0.6 is 0 Å². The molecule has 2 aliphatic heterocycles. The smallest absolute Gasteiger partial charge is 0.303 e. The van der Waals surface area contributed by atoms with Crippen LogP contribution in [-0.4, -0.2) is 124 Å². The minimum atomic E-state index is -1.97. The van der Waals surface area contributed by atoms with Gasteiger partial charge in [-0.2, -0.15) is 0 Å². The van der Waals surface area contributed by atoms with Crippen molar-refractivity contribution < 1.29 is 97.9 Å². The molecular weight excluding hydrogens is 904 g/mol. The summed E-state index contributed by atoms with van der Waals surface area (Å²) in [7, 11) is 0. The Morgan fingerprint density at radius 1 is 0.544 bits per heavy atom. The second-order valence-corrected chi connectivity index (χ2v) is 16.0.